The molecule has 0 bridgehead atoms. The standard InChI is InChI=1S/C45H27N3O/c1-3-11-28(12-4-1)43-46-44(29-13-5-2-6-14-29)48-45(47-43)32-20-23-35-33-15-7-8-16-34(33)38-25-30(19-22-36(38)39(35)27-32)31-21-24-42-40(26-31)37-17-9-10-18-41(37)49-42/h1-27H/i1D,2D,3D,4D,5D,6D,11D,12D,13D,14D. The summed E-state index contributed by atoms with van der Waals surface area (Å²) < 4.78 is 90.4. The minimum Gasteiger partial charge on any atom is -0.456 e. The highest BCUT2D eigenvalue weighted by atomic mass is 16.3. The number of nitrogens with zero attached hydrogens (tertiary/aromatic N) is 3. The van der Waals surface area contributed by atoms with Crippen LogP contribution in [0.15, 0.2) is 168 Å². The molecule has 0 spiro atoms. The summed E-state index contributed by atoms with van der Waals surface area (Å²) in [6, 6.07) is 28.4. The summed E-state index contributed by atoms with van der Waals surface area (Å²) in [6.07, 6.45) is 0. The fourth-order valence-corrected chi connectivity index (χ4v) is 6.63. The van der Waals surface area contributed by atoms with E-state index in [2.05, 4.69) is 57.4 Å². The van der Waals surface area contributed by atoms with Gasteiger partial charge in [-0.15, -0.1) is 0 Å². The zero-order valence-electron chi connectivity index (χ0n) is 35.6. The van der Waals surface area contributed by atoms with Crippen LogP contribution in [-0.4, -0.2) is 15.0 Å². The van der Waals surface area contributed by atoms with Crippen molar-refractivity contribution < 1.29 is 18.1 Å². The van der Waals surface area contributed by atoms with Crippen molar-refractivity contribution >= 4 is 54.3 Å². The van der Waals surface area contributed by atoms with Crippen molar-refractivity contribution in [3.63, 3.8) is 0 Å². The first-order valence-corrected chi connectivity index (χ1v) is 15.6. The zero-order chi connectivity index (χ0) is 41.0. The molecule has 4 nitrogen and oxygen atoms in total. The molecule has 0 aliphatic heterocycles. The number of hydrogen-bond acceptors (Lipinski definition) is 4. The molecule has 0 aliphatic rings. The van der Waals surface area contributed by atoms with Gasteiger partial charge < -0.3 is 4.42 Å². The Labute approximate surface area is 296 Å². The Bertz CT molecular complexity index is 3330. The van der Waals surface area contributed by atoms with E-state index in [1.165, 1.54) is 0 Å². The number of rotatable bonds is 4. The molecule has 0 fully saturated rings. The largest absolute Gasteiger partial charge is 0.456 e. The van der Waals surface area contributed by atoms with E-state index in [4.69, 9.17) is 18.1 Å². The molecule has 10 aromatic rings. The molecule has 10 rings (SSSR count). The topological polar surface area (TPSA) is 51.8 Å². The summed E-state index contributed by atoms with van der Waals surface area (Å²) in [5.41, 5.74) is 3.48. The maximum absolute atomic E-state index is 8.69. The molecular weight excluding hydrogens is 599 g/mol. The first-order valence-electron chi connectivity index (χ1n) is 20.6. The van der Waals surface area contributed by atoms with E-state index in [0.717, 1.165) is 65.4 Å². The summed E-state index contributed by atoms with van der Waals surface area (Å²) in [6.45, 7) is 0. The Balaban J connectivity index is 1.22. The van der Waals surface area contributed by atoms with Gasteiger partial charge in [0.05, 0.1) is 13.7 Å². The highest BCUT2D eigenvalue weighted by molar-refractivity contribution is 6.26. The summed E-state index contributed by atoms with van der Waals surface area (Å²) >= 11 is 0. The van der Waals surface area contributed by atoms with Crippen molar-refractivity contribution in [3.05, 3.63) is 164 Å². The van der Waals surface area contributed by atoms with Gasteiger partial charge in [0.25, 0.3) is 0 Å². The van der Waals surface area contributed by atoms with E-state index in [1.807, 2.05) is 54.6 Å². The van der Waals surface area contributed by atoms with Crippen molar-refractivity contribution in [1.82, 2.24) is 15.0 Å². The molecule has 0 amide bonds. The van der Waals surface area contributed by atoms with Gasteiger partial charge in [-0.05, 0) is 73.8 Å². The van der Waals surface area contributed by atoms with Crippen LogP contribution < -0.4 is 0 Å². The van der Waals surface area contributed by atoms with Crippen LogP contribution in [0.5, 0.6) is 0 Å². The number of furan rings is 1. The summed E-state index contributed by atoms with van der Waals surface area (Å²) in [4.78, 5) is 13.7. The number of para-hydroxylation sites is 1. The number of benzene rings is 8. The van der Waals surface area contributed by atoms with Crippen LogP contribution in [0.25, 0.3) is 99.5 Å². The van der Waals surface area contributed by atoms with Crippen molar-refractivity contribution in [2.24, 2.45) is 0 Å². The summed E-state index contributed by atoms with van der Waals surface area (Å²) in [7, 11) is 0. The molecule has 0 aliphatic carbocycles. The van der Waals surface area contributed by atoms with E-state index >= 15 is 0 Å². The second-order valence-corrected chi connectivity index (χ2v) is 11.7. The average molecular weight is 636 g/mol. The zero-order valence-corrected chi connectivity index (χ0v) is 25.6. The van der Waals surface area contributed by atoms with E-state index in [1.54, 1.807) is 6.07 Å². The van der Waals surface area contributed by atoms with Crippen LogP contribution in [-0.2, 0) is 0 Å². The fourth-order valence-electron chi connectivity index (χ4n) is 6.63. The van der Waals surface area contributed by atoms with Gasteiger partial charge in [0.15, 0.2) is 17.5 Å². The van der Waals surface area contributed by atoms with Gasteiger partial charge in [0, 0.05) is 27.5 Å². The first-order chi connectivity index (χ1) is 28.4. The van der Waals surface area contributed by atoms with E-state index < -0.39 is 60.4 Å². The average Bonchev–Trinajstić information content (AvgIpc) is 3.64. The Morgan fingerprint density at radius 3 is 1.43 bits per heavy atom. The summed E-state index contributed by atoms with van der Waals surface area (Å²) in [5.74, 6) is -0.627. The van der Waals surface area contributed by atoms with E-state index in [0.29, 0.717) is 5.56 Å². The first kappa shape index (κ1) is 19.2. The van der Waals surface area contributed by atoms with Crippen molar-refractivity contribution in [2.45, 2.75) is 0 Å². The van der Waals surface area contributed by atoms with Crippen LogP contribution in [0.3, 0.4) is 0 Å². The van der Waals surface area contributed by atoms with Crippen LogP contribution >= 0.6 is 0 Å². The normalized spacial score (nSPS) is 14.5. The molecule has 2 heterocycles. The maximum atomic E-state index is 8.69. The second kappa shape index (κ2) is 11.0. The van der Waals surface area contributed by atoms with Crippen molar-refractivity contribution in [3.8, 4) is 45.3 Å². The van der Waals surface area contributed by atoms with Crippen LogP contribution in [0.4, 0.5) is 0 Å². The van der Waals surface area contributed by atoms with Gasteiger partial charge in [-0.3, -0.25) is 0 Å². The quantitative estimate of drug-likeness (QED) is 0.181. The Kier molecular flexibility index (Phi) is 4.31. The maximum Gasteiger partial charge on any atom is 0.164 e. The Morgan fingerprint density at radius 2 is 0.776 bits per heavy atom. The monoisotopic (exact) mass is 635 g/mol. The summed E-state index contributed by atoms with van der Waals surface area (Å²) in [5, 5.41) is 7.85. The van der Waals surface area contributed by atoms with E-state index in [-0.39, 0.29) is 28.6 Å². The molecule has 0 saturated heterocycles. The molecule has 0 atom stereocenters. The second-order valence-electron chi connectivity index (χ2n) is 11.7. The van der Waals surface area contributed by atoms with Crippen LogP contribution in [0, 0.1) is 0 Å². The lowest BCUT2D eigenvalue weighted by atomic mass is 9.91. The van der Waals surface area contributed by atoms with E-state index in [9.17, 15) is 0 Å². The third-order valence-corrected chi connectivity index (χ3v) is 8.89. The molecule has 228 valence electrons. The highest BCUT2D eigenvalue weighted by Crippen LogP contribution is 2.40. The number of fused-ring (bicyclic) bond motifs is 9. The van der Waals surface area contributed by atoms with Crippen LogP contribution in [0.2, 0.25) is 0 Å². The van der Waals surface area contributed by atoms with Gasteiger partial charge in [-0.2, -0.15) is 0 Å². The van der Waals surface area contributed by atoms with Gasteiger partial charge in [0.2, 0.25) is 0 Å². The molecular formula is C45H27N3O. The third-order valence-electron chi connectivity index (χ3n) is 8.89. The Hall–Kier alpha value is -6.65. The molecule has 0 N–H and O–H groups in total. The number of hydrogen-bond donors (Lipinski definition) is 0. The number of aromatic nitrogens is 3. The minimum absolute atomic E-state index is 0.00379. The minimum atomic E-state index is -0.603. The van der Waals surface area contributed by atoms with Gasteiger partial charge in [0.1, 0.15) is 11.2 Å². The fraction of sp³-hybridized carbons (Fsp3) is 0. The molecule has 0 saturated carbocycles. The lowest BCUT2D eigenvalue weighted by Gasteiger charge is -2.14. The van der Waals surface area contributed by atoms with Crippen molar-refractivity contribution in [2.75, 3.05) is 0 Å². The smallest absolute Gasteiger partial charge is 0.164 e. The third kappa shape index (κ3) is 4.57. The predicted octanol–water partition coefficient (Wildman–Crippen LogP) is 11.9. The van der Waals surface area contributed by atoms with Gasteiger partial charge >= 0.3 is 0 Å². The molecule has 0 radical (unpaired) electrons. The lowest BCUT2D eigenvalue weighted by Crippen LogP contribution is -2.00. The molecule has 0 unspecified atom stereocenters. The highest BCUT2D eigenvalue weighted by Gasteiger charge is 2.16. The Morgan fingerprint density at radius 1 is 0.347 bits per heavy atom. The molecule has 4 heteroatoms. The van der Waals surface area contributed by atoms with Crippen LogP contribution in [0.1, 0.15) is 13.7 Å². The predicted molar refractivity (Wildman–Crippen MR) is 201 cm³/mol. The van der Waals surface area contributed by atoms with Gasteiger partial charge in [-0.25, -0.2) is 15.0 Å². The molecule has 2 aromatic heterocycles. The van der Waals surface area contributed by atoms with Gasteiger partial charge in [-0.1, -0.05) is 133 Å². The SMILES string of the molecule is [2H]c1c([2H])c([2H])c(-c2nc(-c3ccc4c5ccccc5c5cc(-c6ccc7oc8ccccc8c7c6)ccc5c4c3)nc(-c3c([2H])c([2H])c([2H])c([2H])c3[2H])n2)c([2H])c1[2H]. The van der Waals surface area contributed by atoms with Crippen molar-refractivity contribution in [1.29, 1.82) is 0 Å². The molecule has 49 heavy (non-hydrogen) atoms. The molecule has 8 aromatic carbocycles. The lowest BCUT2D eigenvalue weighted by molar-refractivity contribution is 0.669.